The molecule has 46 valence electrons. The summed E-state index contributed by atoms with van der Waals surface area (Å²) in [5, 5.41) is 0. The summed E-state index contributed by atoms with van der Waals surface area (Å²) in [5.74, 6) is 0. The Morgan fingerprint density at radius 1 is 1.78 bits per heavy atom. The Kier molecular flexibility index (Phi) is 1.44. The molecule has 0 fully saturated rings. The minimum Gasteiger partial charge on any atom is -0.315 e. The predicted octanol–water partition coefficient (Wildman–Crippen LogP) is 0.344. The summed E-state index contributed by atoms with van der Waals surface area (Å²) in [4.78, 5) is 13.9. The van der Waals surface area contributed by atoms with E-state index in [-0.39, 0.29) is 5.56 Å². The van der Waals surface area contributed by atoms with Gasteiger partial charge in [-0.15, -0.1) is 0 Å². The number of hydrogen-bond acceptors (Lipinski definition) is 2. The Balaban J connectivity index is 3.16. The average molecular weight is 122 g/mol. The number of rotatable bonds is 1. The lowest BCUT2D eigenvalue weighted by Gasteiger charge is -1.91. The highest BCUT2D eigenvalue weighted by Crippen LogP contribution is 1.77. The molecule has 0 bridgehead atoms. The summed E-state index contributed by atoms with van der Waals surface area (Å²) < 4.78 is 1.60. The zero-order valence-corrected chi connectivity index (χ0v) is 4.82. The highest BCUT2D eigenvalue weighted by atomic mass is 16.1. The van der Waals surface area contributed by atoms with E-state index in [9.17, 15) is 4.79 Å². The third-order valence-electron chi connectivity index (χ3n) is 0.918. The van der Waals surface area contributed by atoms with Gasteiger partial charge in [0.25, 0.3) is 5.56 Å². The largest absolute Gasteiger partial charge is 0.315 e. The molecular formula is C6H6N2O. The van der Waals surface area contributed by atoms with E-state index in [0.717, 1.165) is 0 Å². The maximum absolute atomic E-state index is 10.4. The smallest absolute Gasteiger partial charge is 0.272 e. The summed E-state index contributed by atoms with van der Waals surface area (Å²) >= 11 is 0. The molecule has 3 nitrogen and oxygen atoms in total. The van der Waals surface area contributed by atoms with Crippen LogP contribution in [0.5, 0.6) is 0 Å². The van der Waals surface area contributed by atoms with E-state index in [1.165, 1.54) is 12.4 Å². The zero-order chi connectivity index (χ0) is 6.69. The van der Waals surface area contributed by atoms with Gasteiger partial charge in [-0.2, -0.15) is 4.98 Å². The van der Waals surface area contributed by atoms with Crippen LogP contribution in [0.1, 0.15) is 0 Å². The quantitative estimate of drug-likeness (QED) is 0.538. The molecule has 3 heteroatoms. The van der Waals surface area contributed by atoms with Crippen molar-refractivity contribution in [3.63, 3.8) is 0 Å². The van der Waals surface area contributed by atoms with Crippen LogP contribution in [0.25, 0.3) is 6.20 Å². The second kappa shape index (κ2) is 2.26. The SMILES string of the molecule is C=Cn1ccc(=O)nc1. The van der Waals surface area contributed by atoms with Gasteiger partial charge in [0, 0.05) is 18.5 Å². The molecule has 1 aromatic rings. The summed E-state index contributed by atoms with van der Waals surface area (Å²) in [6.07, 6.45) is 4.57. The van der Waals surface area contributed by atoms with Crippen LogP contribution in [-0.4, -0.2) is 9.55 Å². The molecule has 0 saturated heterocycles. The van der Waals surface area contributed by atoms with Crippen LogP contribution in [0.15, 0.2) is 30.0 Å². The molecule has 9 heavy (non-hydrogen) atoms. The summed E-state index contributed by atoms with van der Waals surface area (Å²) in [6, 6.07) is 1.38. The molecule has 0 aliphatic heterocycles. The van der Waals surface area contributed by atoms with E-state index in [2.05, 4.69) is 11.6 Å². The fraction of sp³-hybridized carbons (Fsp3) is 0. The molecule has 1 rings (SSSR count). The van der Waals surface area contributed by atoms with E-state index in [0.29, 0.717) is 0 Å². The van der Waals surface area contributed by atoms with Crippen molar-refractivity contribution < 1.29 is 0 Å². The third kappa shape index (κ3) is 1.25. The molecule has 1 aromatic heterocycles. The molecule has 0 aromatic carbocycles. The molecule has 0 radical (unpaired) electrons. The van der Waals surface area contributed by atoms with Gasteiger partial charge in [0.15, 0.2) is 0 Å². The normalized spacial score (nSPS) is 8.89. The lowest BCUT2D eigenvalue weighted by molar-refractivity contribution is 1.01. The standard InChI is InChI=1S/C6H6N2O/c1-2-8-4-3-6(9)7-5-8/h2-5H,1H2. The summed E-state index contributed by atoms with van der Waals surface area (Å²) in [6.45, 7) is 3.48. The van der Waals surface area contributed by atoms with Crippen LogP contribution in [-0.2, 0) is 0 Å². The number of nitrogens with zero attached hydrogens (tertiary/aromatic N) is 2. The van der Waals surface area contributed by atoms with Crippen molar-refractivity contribution in [2.24, 2.45) is 0 Å². The van der Waals surface area contributed by atoms with Crippen LogP contribution >= 0.6 is 0 Å². The van der Waals surface area contributed by atoms with Crippen molar-refractivity contribution in [3.8, 4) is 0 Å². The topological polar surface area (TPSA) is 34.9 Å². The lowest BCUT2D eigenvalue weighted by Crippen LogP contribution is -2.04. The van der Waals surface area contributed by atoms with Crippen LogP contribution in [0.4, 0.5) is 0 Å². The Bertz CT molecular complexity index is 244. The number of aromatic nitrogens is 2. The fourth-order valence-electron chi connectivity index (χ4n) is 0.463. The molecule has 0 unspecified atom stereocenters. The van der Waals surface area contributed by atoms with Crippen LogP contribution < -0.4 is 5.56 Å². The fourth-order valence-corrected chi connectivity index (χ4v) is 0.463. The lowest BCUT2D eigenvalue weighted by atomic mass is 10.6. The van der Waals surface area contributed by atoms with Gasteiger partial charge in [0.05, 0.1) is 0 Å². The van der Waals surface area contributed by atoms with Gasteiger partial charge in [0.2, 0.25) is 0 Å². The first-order valence-electron chi connectivity index (χ1n) is 2.49. The molecule has 0 aliphatic rings. The Morgan fingerprint density at radius 3 is 3.00 bits per heavy atom. The molecule has 0 atom stereocenters. The van der Waals surface area contributed by atoms with E-state index in [1.807, 2.05) is 0 Å². The van der Waals surface area contributed by atoms with Crippen LogP contribution in [0.2, 0.25) is 0 Å². The van der Waals surface area contributed by atoms with E-state index in [4.69, 9.17) is 0 Å². The van der Waals surface area contributed by atoms with Gasteiger partial charge in [-0.1, -0.05) is 6.58 Å². The van der Waals surface area contributed by atoms with Crippen LogP contribution in [0, 0.1) is 0 Å². The van der Waals surface area contributed by atoms with Crippen molar-refractivity contribution in [1.82, 2.24) is 9.55 Å². The van der Waals surface area contributed by atoms with Gasteiger partial charge in [-0.25, -0.2) is 0 Å². The van der Waals surface area contributed by atoms with Crippen molar-refractivity contribution in [3.05, 3.63) is 35.5 Å². The van der Waals surface area contributed by atoms with Crippen molar-refractivity contribution in [2.45, 2.75) is 0 Å². The Hall–Kier alpha value is -1.38. The highest BCUT2D eigenvalue weighted by molar-refractivity contribution is 5.14. The van der Waals surface area contributed by atoms with Crippen molar-refractivity contribution in [1.29, 1.82) is 0 Å². The minimum atomic E-state index is -0.229. The first kappa shape index (κ1) is 5.75. The Morgan fingerprint density at radius 2 is 2.56 bits per heavy atom. The second-order valence-electron chi connectivity index (χ2n) is 1.53. The average Bonchev–Trinajstić information content (AvgIpc) is 1.90. The summed E-state index contributed by atoms with van der Waals surface area (Å²) in [5.41, 5.74) is -0.229. The van der Waals surface area contributed by atoms with Gasteiger partial charge < -0.3 is 4.57 Å². The molecule has 1 heterocycles. The number of hydrogen-bond donors (Lipinski definition) is 0. The molecular weight excluding hydrogens is 116 g/mol. The molecule has 0 aliphatic carbocycles. The molecule has 0 amide bonds. The summed E-state index contributed by atoms with van der Waals surface area (Å²) in [7, 11) is 0. The van der Waals surface area contributed by atoms with Crippen molar-refractivity contribution in [2.75, 3.05) is 0 Å². The maximum Gasteiger partial charge on any atom is 0.272 e. The van der Waals surface area contributed by atoms with E-state index >= 15 is 0 Å². The third-order valence-corrected chi connectivity index (χ3v) is 0.918. The Labute approximate surface area is 52.3 Å². The van der Waals surface area contributed by atoms with Crippen LogP contribution in [0.3, 0.4) is 0 Å². The molecule has 0 saturated carbocycles. The molecule has 0 N–H and O–H groups in total. The first-order valence-corrected chi connectivity index (χ1v) is 2.49. The maximum atomic E-state index is 10.4. The highest BCUT2D eigenvalue weighted by Gasteiger charge is 1.79. The van der Waals surface area contributed by atoms with E-state index < -0.39 is 0 Å². The van der Waals surface area contributed by atoms with Crippen molar-refractivity contribution >= 4 is 6.20 Å². The first-order chi connectivity index (χ1) is 4.33. The monoisotopic (exact) mass is 122 g/mol. The minimum absolute atomic E-state index is 0.229. The van der Waals surface area contributed by atoms with Gasteiger partial charge in [-0.3, -0.25) is 4.79 Å². The predicted molar refractivity (Wildman–Crippen MR) is 34.9 cm³/mol. The molecule has 0 spiro atoms. The zero-order valence-electron chi connectivity index (χ0n) is 4.82. The van der Waals surface area contributed by atoms with Gasteiger partial charge in [0.1, 0.15) is 6.33 Å². The van der Waals surface area contributed by atoms with E-state index in [1.54, 1.807) is 17.0 Å². The second-order valence-corrected chi connectivity index (χ2v) is 1.53. The van der Waals surface area contributed by atoms with Gasteiger partial charge >= 0.3 is 0 Å². The van der Waals surface area contributed by atoms with Gasteiger partial charge in [-0.05, 0) is 0 Å².